The zero-order valence-electron chi connectivity index (χ0n) is 12.8. The summed E-state index contributed by atoms with van der Waals surface area (Å²) in [5.74, 6) is -0.222. The van der Waals surface area contributed by atoms with Crippen LogP contribution < -0.4 is 5.56 Å². The van der Waals surface area contributed by atoms with E-state index in [2.05, 4.69) is 11.1 Å². The van der Waals surface area contributed by atoms with Crippen molar-refractivity contribution in [1.29, 1.82) is 0 Å². The van der Waals surface area contributed by atoms with E-state index in [-0.39, 0.29) is 17.1 Å². The van der Waals surface area contributed by atoms with Gasteiger partial charge in [0.25, 0.3) is 11.5 Å². The zero-order valence-corrected chi connectivity index (χ0v) is 12.8. The third-order valence-electron chi connectivity index (χ3n) is 4.40. The van der Waals surface area contributed by atoms with Crippen molar-refractivity contribution in [2.75, 3.05) is 6.54 Å². The van der Waals surface area contributed by atoms with Gasteiger partial charge < -0.3 is 10.1 Å². The number of carbonyl (C=O) groups is 1. The second kappa shape index (κ2) is 5.49. The quantitative estimate of drug-likeness (QED) is 0.694. The third kappa shape index (κ3) is 2.23. The van der Waals surface area contributed by atoms with Crippen molar-refractivity contribution < 1.29 is 10.0 Å². The standard InChI is InChI=1S/C18H15N3O3/c22-16-10-15(14-6-3-8-19-17(14)21(16)24)18(23)20-9-7-12-4-1-2-5-13(12)11-20/h1-6,8,10,24H,7,9,11H2. The molecule has 0 fully saturated rings. The first-order chi connectivity index (χ1) is 11.6. The minimum absolute atomic E-state index is 0.0887. The van der Waals surface area contributed by atoms with Crippen LogP contribution in [0.5, 0.6) is 0 Å². The van der Waals surface area contributed by atoms with Crippen LogP contribution in [0.2, 0.25) is 0 Å². The molecule has 1 aliphatic heterocycles. The molecule has 3 aromatic rings. The van der Waals surface area contributed by atoms with Crippen LogP contribution in [0.3, 0.4) is 0 Å². The minimum atomic E-state index is -0.665. The van der Waals surface area contributed by atoms with Gasteiger partial charge in [-0.3, -0.25) is 9.59 Å². The van der Waals surface area contributed by atoms with Gasteiger partial charge >= 0.3 is 0 Å². The lowest BCUT2D eigenvalue weighted by molar-refractivity contribution is 0.0736. The van der Waals surface area contributed by atoms with Gasteiger partial charge in [-0.15, -0.1) is 4.73 Å². The minimum Gasteiger partial charge on any atom is -0.423 e. The van der Waals surface area contributed by atoms with Gasteiger partial charge in [0.2, 0.25) is 0 Å². The summed E-state index contributed by atoms with van der Waals surface area (Å²) in [5, 5.41) is 10.3. The van der Waals surface area contributed by atoms with E-state index in [0.717, 1.165) is 12.0 Å². The van der Waals surface area contributed by atoms with Gasteiger partial charge in [0, 0.05) is 30.7 Å². The molecule has 6 heteroatoms. The first-order valence-corrected chi connectivity index (χ1v) is 7.71. The highest BCUT2D eigenvalue weighted by molar-refractivity contribution is 6.05. The maximum Gasteiger partial charge on any atom is 0.285 e. The number of aromatic nitrogens is 2. The molecule has 120 valence electrons. The van der Waals surface area contributed by atoms with Crippen LogP contribution in [-0.2, 0) is 13.0 Å². The first kappa shape index (κ1) is 14.4. The number of hydrogen-bond acceptors (Lipinski definition) is 4. The number of nitrogens with zero attached hydrogens (tertiary/aromatic N) is 3. The fourth-order valence-electron chi connectivity index (χ4n) is 3.16. The molecule has 2 aromatic heterocycles. The molecule has 0 atom stereocenters. The second-order valence-electron chi connectivity index (χ2n) is 5.83. The van der Waals surface area contributed by atoms with E-state index in [1.54, 1.807) is 17.0 Å². The van der Waals surface area contributed by atoms with Crippen LogP contribution in [0, 0.1) is 0 Å². The summed E-state index contributed by atoms with van der Waals surface area (Å²) in [6.45, 7) is 1.11. The molecule has 0 aliphatic carbocycles. The fraction of sp³-hybridized carbons (Fsp3) is 0.167. The molecule has 1 N–H and O–H groups in total. The van der Waals surface area contributed by atoms with Crippen molar-refractivity contribution in [3.63, 3.8) is 0 Å². The number of pyridine rings is 2. The smallest absolute Gasteiger partial charge is 0.285 e. The van der Waals surface area contributed by atoms with E-state index in [4.69, 9.17) is 0 Å². The van der Waals surface area contributed by atoms with Gasteiger partial charge in [-0.2, -0.15) is 0 Å². The van der Waals surface area contributed by atoms with Crippen molar-refractivity contribution in [3.05, 3.63) is 75.7 Å². The molecule has 1 aliphatic rings. The number of hydrogen-bond donors (Lipinski definition) is 1. The largest absolute Gasteiger partial charge is 0.423 e. The molecule has 0 saturated heterocycles. The van der Waals surface area contributed by atoms with E-state index < -0.39 is 5.56 Å². The van der Waals surface area contributed by atoms with E-state index in [1.807, 2.05) is 18.2 Å². The van der Waals surface area contributed by atoms with Crippen molar-refractivity contribution in [1.82, 2.24) is 14.6 Å². The molecule has 6 nitrogen and oxygen atoms in total. The summed E-state index contributed by atoms with van der Waals surface area (Å²) in [6, 6.07) is 12.6. The lowest BCUT2D eigenvalue weighted by Crippen LogP contribution is -2.37. The average Bonchev–Trinajstić information content (AvgIpc) is 2.64. The molecule has 0 spiro atoms. The maximum absolute atomic E-state index is 13.0. The molecular weight excluding hydrogens is 306 g/mol. The van der Waals surface area contributed by atoms with Crippen molar-refractivity contribution in [2.45, 2.75) is 13.0 Å². The summed E-state index contributed by atoms with van der Waals surface area (Å²) in [5.41, 5.74) is 2.06. The lowest BCUT2D eigenvalue weighted by Gasteiger charge is -2.29. The molecule has 0 saturated carbocycles. The Morgan fingerprint density at radius 2 is 1.92 bits per heavy atom. The fourth-order valence-corrected chi connectivity index (χ4v) is 3.16. The molecule has 0 radical (unpaired) electrons. The molecule has 3 heterocycles. The highest BCUT2D eigenvalue weighted by Gasteiger charge is 2.24. The van der Waals surface area contributed by atoms with Crippen LogP contribution in [0.15, 0.2) is 53.5 Å². The SMILES string of the molecule is O=C(c1cc(=O)n(O)c2ncccc12)N1CCc2ccccc2C1. The van der Waals surface area contributed by atoms with Crippen molar-refractivity contribution in [3.8, 4) is 0 Å². The Balaban J connectivity index is 1.78. The number of benzene rings is 1. The number of carbonyl (C=O) groups excluding carboxylic acids is 1. The summed E-state index contributed by atoms with van der Waals surface area (Å²) >= 11 is 0. The first-order valence-electron chi connectivity index (χ1n) is 7.71. The monoisotopic (exact) mass is 321 g/mol. The van der Waals surface area contributed by atoms with Crippen molar-refractivity contribution in [2.24, 2.45) is 0 Å². The topological polar surface area (TPSA) is 75.4 Å². The van der Waals surface area contributed by atoms with Gasteiger partial charge in [-0.05, 0) is 29.7 Å². The van der Waals surface area contributed by atoms with Crippen LogP contribution in [0.25, 0.3) is 11.0 Å². The summed E-state index contributed by atoms with van der Waals surface area (Å²) in [6.07, 6.45) is 2.26. The van der Waals surface area contributed by atoms with Gasteiger partial charge in [0.1, 0.15) is 0 Å². The van der Waals surface area contributed by atoms with Crippen LogP contribution in [0.4, 0.5) is 0 Å². The third-order valence-corrected chi connectivity index (χ3v) is 4.40. The normalized spacial score (nSPS) is 13.8. The van der Waals surface area contributed by atoms with E-state index in [1.165, 1.54) is 17.8 Å². The van der Waals surface area contributed by atoms with Crippen LogP contribution >= 0.6 is 0 Å². The van der Waals surface area contributed by atoms with E-state index in [9.17, 15) is 14.8 Å². The maximum atomic E-state index is 13.0. The summed E-state index contributed by atoms with van der Waals surface area (Å²) in [7, 11) is 0. The molecule has 0 bridgehead atoms. The van der Waals surface area contributed by atoms with Gasteiger partial charge in [-0.25, -0.2) is 4.98 Å². The lowest BCUT2D eigenvalue weighted by atomic mass is 9.99. The highest BCUT2D eigenvalue weighted by atomic mass is 16.5. The van der Waals surface area contributed by atoms with E-state index >= 15 is 0 Å². The predicted octanol–water partition coefficient (Wildman–Crippen LogP) is 1.83. The summed E-state index contributed by atoms with van der Waals surface area (Å²) in [4.78, 5) is 30.6. The van der Waals surface area contributed by atoms with Gasteiger partial charge in [0.15, 0.2) is 5.65 Å². The Morgan fingerprint density at radius 3 is 2.75 bits per heavy atom. The van der Waals surface area contributed by atoms with Gasteiger partial charge in [-0.1, -0.05) is 24.3 Å². The molecule has 0 unspecified atom stereocenters. The van der Waals surface area contributed by atoms with Crippen LogP contribution in [0.1, 0.15) is 21.5 Å². The molecule has 24 heavy (non-hydrogen) atoms. The highest BCUT2D eigenvalue weighted by Crippen LogP contribution is 2.22. The average molecular weight is 321 g/mol. The molecule has 4 rings (SSSR count). The van der Waals surface area contributed by atoms with Crippen molar-refractivity contribution >= 4 is 16.9 Å². The van der Waals surface area contributed by atoms with E-state index in [0.29, 0.717) is 23.2 Å². The second-order valence-corrected chi connectivity index (χ2v) is 5.83. The number of rotatable bonds is 1. The Kier molecular flexibility index (Phi) is 3.30. The number of amides is 1. The Bertz CT molecular complexity index is 1010. The number of fused-ring (bicyclic) bond motifs is 2. The summed E-state index contributed by atoms with van der Waals surface area (Å²) < 4.78 is 0.470. The molecular formula is C18H15N3O3. The predicted molar refractivity (Wildman–Crippen MR) is 88.1 cm³/mol. The molecule has 1 aromatic carbocycles. The Hall–Kier alpha value is -3.15. The zero-order chi connectivity index (χ0) is 16.7. The Labute approximate surface area is 137 Å². The Morgan fingerprint density at radius 1 is 1.12 bits per heavy atom. The molecule has 1 amide bonds. The van der Waals surface area contributed by atoms with Gasteiger partial charge in [0.05, 0.1) is 5.56 Å². The van der Waals surface area contributed by atoms with Crippen LogP contribution in [-0.4, -0.2) is 32.3 Å².